The summed E-state index contributed by atoms with van der Waals surface area (Å²) in [5.41, 5.74) is 0.499. The van der Waals surface area contributed by atoms with Crippen molar-refractivity contribution < 1.29 is 13.2 Å². The number of carbonyl (C=O) groups excluding carboxylic acids is 1. The predicted molar refractivity (Wildman–Crippen MR) is 60.3 cm³/mol. The first-order chi connectivity index (χ1) is 6.88. The SMILES string of the molecule is CS(=O)(=O)CC(=O)Nc1ccncc1Br. The third-order valence-corrected chi connectivity index (χ3v) is 2.86. The largest absolute Gasteiger partial charge is 0.324 e. The summed E-state index contributed by atoms with van der Waals surface area (Å²) in [7, 11) is -3.30. The first kappa shape index (κ1) is 12.1. The van der Waals surface area contributed by atoms with Gasteiger partial charge in [0.2, 0.25) is 5.91 Å². The van der Waals surface area contributed by atoms with Crippen LogP contribution in [-0.2, 0) is 14.6 Å². The van der Waals surface area contributed by atoms with Gasteiger partial charge in [-0.25, -0.2) is 8.42 Å². The average molecular weight is 293 g/mol. The molecule has 0 fully saturated rings. The molecule has 0 radical (unpaired) electrons. The van der Waals surface area contributed by atoms with Gasteiger partial charge in [-0.3, -0.25) is 9.78 Å². The fourth-order valence-electron chi connectivity index (χ4n) is 0.901. The molecule has 0 spiro atoms. The van der Waals surface area contributed by atoms with Crippen LogP contribution in [-0.4, -0.2) is 31.3 Å². The Hall–Kier alpha value is -0.950. The second-order valence-corrected chi connectivity index (χ2v) is 5.97. The highest BCUT2D eigenvalue weighted by atomic mass is 79.9. The smallest absolute Gasteiger partial charge is 0.239 e. The van der Waals surface area contributed by atoms with Crippen LogP contribution in [0.1, 0.15) is 0 Å². The molecule has 15 heavy (non-hydrogen) atoms. The molecule has 1 heterocycles. The van der Waals surface area contributed by atoms with Gasteiger partial charge in [0.15, 0.2) is 9.84 Å². The number of hydrogen-bond donors (Lipinski definition) is 1. The molecule has 82 valence electrons. The molecule has 1 N–H and O–H groups in total. The fraction of sp³-hybridized carbons (Fsp3) is 0.250. The molecule has 0 aliphatic heterocycles. The van der Waals surface area contributed by atoms with E-state index in [1.54, 1.807) is 6.07 Å². The van der Waals surface area contributed by atoms with Gasteiger partial charge in [-0.15, -0.1) is 0 Å². The molecule has 0 unspecified atom stereocenters. The third-order valence-electron chi connectivity index (χ3n) is 1.44. The number of pyridine rings is 1. The zero-order valence-electron chi connectivity index (χ0n) is 7.90. The number of carbonyl (C=O) groups is 1. The molecule has 0 saturated carbocycles. The summed E-state index contributed by atoms with van der Waals surface area (Å²) >= 11 is 3.18. The molecule has 1 rings (SSSR count). The average Bonchev–Trinajstić information content (AvgIpc) is 2.05. The monoisotopic (exact) mass is 292 g/mol. The zero-order valence-corrected chi connectivity index (χ0v) is 10.3. The van der Waals surface area contributed by atoms with Crippen molar-refractivity contribution in [3.8, 4) is 0 Å². The Labute approximate surface area is 96.0 Å². The Balaban J connectivity index is 2.72. The van der Waals surface area contributed by atoms with E-state index in [1.807, 2.05) is 0 Å². The van der Waals surface area contributed by atoms with Gasteiger partial charge in [0.05, 0.1) is 10.2 Å². The van der Waals surface area contributed by atoms with Crippen molar-refractivity contribution in [3.63, 3.8) is 0 Å². The molecule has 0 aliphatic carbocycles. The molecular weight excluding hydrogens is 284 g/mol. The maximum atomic E-state index is 11.2. The van der Waals surface area contributed by atoms with Crippen molar-refractivity contribution in [1.82, 2.24) is 4.98 Å². The van der Waals surface area contributed by atoms with Crippen LogP contribution < -0.4 is 5.32 Å². The molecule has 1 amide bonds. The Morgan fingerprint density at radius 1 is 1.60 bits per heavy atom. The van der Waals surface area contributed by atoms with E-state index < -0.39 is 21.5 Å². The van der Waals surface area contributed by atoms with Crippen molar-refractivity contribution in [2.75, 3.05) is 17.3 Å². The van der Waals surface area contributed by atoms with Crippen LogP contribution in [0.4, 0.5) is 5.69 Å². The number of aromatic nitrogens is 1. The minimum Gasteiger partial charge on any atom is -0.324 e. The van der Waals surface area contributed by atoms with E-state index >= 15 is 0 Å². The highest BCUT2D eigenvalue weighted by Crippen LogP contribution is 2.19. The molecule has 0 aromatic carbocycles. The highest BCUT2D eigenvalue weighted by molar-refractivity contribution is 9.10. The van der Waals surface area contributed by atoms with Crippen molar-refractivity contribution in [3.05, 3.63) is 22.9 Å². The Morgan fingerprint density at radius 2 is 2.27 bits per heavy atom. The van der Waals surface area contributed by atoms with Crippen LogP contribution in [0.25, 0.3) is 0 Å². The second kappa shape index (κ2) is 4.71. The lowest BCUT2D eigenvalue weighted by molar-refractivity contribution is -0.113. The van der Waals surface area contributed by atoms with E-state index in [2.05, 4.69) is 26.2 Å². The number of rotatable bonds is 3. The maximum Gasteiger partial charge on any atom is 0.239 e. The Kier molecular flexibility index (Phi) is 3.81. The van der Waals surface area contributed by atoms with Gasteiger partial charge in [0.25, 0.3) is 0 Å². The number of hydrogen-bond acceptors (Lipinski definition) is 4. The molecule has 1 aromatic heterocycles. The lowest BCUT2D eigenvalue weighted by Gasteiger charge is -2.05. The summed E-state index contributed by atoms with van der Waals surface area (Å²) < 4.78 is 22.3. The second-order valence-electron chi connectivity index (χ2n) is 2.97. The standard InChI is InChI=1S/C8H9BrN2O3S/c1-15(13,14)5-8(12)11-7-2-3-10-4-6(7)9/h2-4H,5H2,1H3,(H,10,11,12). The molecule has 5 nitrogen and oxygen atoms in total. The summed E-state index contributed by atoms with van der Waals surface area (Å²) in [6.07, 6.45) is 4.02. The van der Waals surface area contributed by atoms with Crippen LogP contribution in [0.2, 0.25) is 0 Å². The van der Waals surface area contributed by atoms with Crippen LogP contribution >= 0.6 is 15.9 Å². The molecular formula is C8H9BrN2O3S. The van der Waals surface area contributed by atoms with E-state index in [1.165, 1.54) is 12.4 Å². The van der Waals surface area contributed by atoms with Gasteiger partial charge < -0.3 is 5.32 Å². The fourth-order valence-corrected chi connectivity index (χ4v) is 1.80. The first-order valence-corrected chi connectivity index (χ1v) is 6.81. The summed E-state index contributed by atoms with van der Waals surface area (Å²) in [6.45, 7) is 0. The number of nitrogens with zero attached hydrogens (tertiary/aromatic N) is 1. The van der Waals surface area contributed by atoms with Crippen molar-refractivity contribution in [2.24, 2.45) is 0 Å². The molecule has 0 bridgehead atoms. The minimum absolute atomic E-state index is 0.499. The lowest BCUT2D eigenvalue weighted by atomic mass is 10.4. The number of anilines is 1. The quantitative estimate of drug-likeness (QED) is 0.895. The minimum atomic E-state index is -3.30. The zero-order chi connectivity index (χ0) is 11.5. The number of amides is 1. The van der Waals surface area contributed by atoms with Crippen LogP contribution in [0.3, 0.4) is 0 Å². The van der Waals surface area contributed by atoms with Gasteiger partial charge in [-0.1, -0.05) is 0 Å². The summed E-state index contributed by atoms with van der Waals surface area (Å²) in [6, 6.07) is 1.57. The first-order valence-electron chi connectivity index (χ1n) is 3.95. The van der Waals surface area contributed by atoms with Crippen LogP contribution in [0, 0.1) is 0 Å². The maximum absolute atomic E-state index is 11.2. The normalized spacial score (nSPS) is 11.1. The number of sulfone groups is 1. The van der Waals surface area contributed by atoms with E-state index in [0.717, 1.165) is 6.26 Å². The van der Waals surface area contributed by atoms with Crippen molar-refractivity contribution in [1.29, 1.82) is 0 Å². The molecule has 1 aromatic rings. The molecule has 0 atom stereocenters. The van der Waals surface area contributed by atoms with Crippen LogP contribution in [0.5, 0.6) is 0 Å². The Bertz CT molecular complexity index is 473. The molecule has 7 heteroatoms. The van der Waals surface area contributed by atoms with Gasteiger partial charge in [-0.05, 0) is 22.0 Å². The van der Waals surface area contributed by atoms with E-state index in [4.69, 9.17) is 0 Å². The van der Waals surface area contributed by atoms with Gasteiger partial charge in [-0.2, -0.15) is 0 Å². The molecule has 0 saturated heterocycles. The topological polar surface area (TPSA) is 76.1 Å². The third kappa shape index (κ3) is 4.39. The van der Waals surface area contributed by atoms with E-state index in [9.17, 15) is 13.2 Å². The van der Waals surface area contributed by atoms with Gasteiger partial charge in [0.1, 0.15) is 5.75 Å². The summed E-state index contributed by atoms with van der Waals surface area (Å²) in [5, 5.41) is 2.46. The highest BCUT2D eigenvalue weighted by Gasteiger charge is 2.11. The van der Waals surface area contributed by atoms with E-state index in [0.29, 0.717) is 10.2 Å². The summed E-state index contributed by atoms with van der Waals surface area (Å²) in [4.78, 5) is 15.1. The Morgan fingerprint density at radius 3 is 2.80 bits per heavy atom. The van der Waals surface area contributed by atoms with Gasteiger partial charge >= 0.3 is 0 Å². The molecule has 0 aliphatic rings. The predicted octanol–water partition coefficient (Wildman–Crippen LogP) is 0.827. The lowest BCUT2D eigenvalue weighted by Crippen LogP contribution is -2.22. The van der Waals surface area contributed by atoms with Crippen molar-refractivity contribution in [2.45, 2.75) is 0 Å². The number of halogens is 1. The van der Waals surface area contributed by atoms with E-state index in [-0.39, 0.29) is 0 Å². The van der Waals surface area contributed by atoms with Crippen molar-refractivity contribution >= 4 is 37.4 Å². The van der Waals surface area contributed by atoms with Gasteiger partial charge in [0, 0.05) is 18.6 Å². The summed E-state index contributed by atoms with van der Waals surface area (Å²) in [5.74, 6) is -1.09. The number of nitrogens with one attached hydrogen (secondary N) is 1. The van der Waals surface area contributed by atoms with Crippen LogP contribution in [0.15, 0.2) is 22.9 Å².